The van der Waals surface area contributed by atoms with Crippen LogP contribution in [0.25, 0.3) is 0 Å². The molecule has 238 valence electrons. The standard InChI is InChI=1S/C33H55N3O6/c1-10-22(4)30(35(7)28(37)19-21(2)3)27(41-8)20-29(38)36-18-14-17-26(36)32(42-9)23(5)33(40)34-24(6)31(39)25-15-12-11-13-16-25/h11-13,15-16,21-24,26-27,30-32,39H,10,14,17-20H2,1-9H3,(H,34,40)/t22-,23?,24?,26-,27+,30-,31?,32+/m0/s1. The second kappa shape index (κ2) is 17.0. The normalized spacial score (nSPS) is 20.4. The molecule has 1 saturated heterocycles. The Kier molecular flexibility index (Phi) is 14.4. The van der Waals surface area contributed by atoms with Gasteiger partial charge in [0, 0.05) is 34.2 Å². The van der Waals surface area contributed by atoms with Crippen LogP contribution in [0.2, 0.25) is 0 Å². The van der Waals surface area contributed by atoms with E-state index < -0.39 is 30.3 Å². The van der Waals surface area contributed by atoms with Gasteiger partial charge in [-0.05, 0) is 37.2 Å². The molecule has 1 aromatic rings. The van der Waals surface area contributed by atoms with Gasteiger partial charge >= 0.3 is 0 Å². The number of likely N-dealkylation sites (tertiary alicyclic amines) is 1. The molecule has 2 rings (SSSR count). The van der Waals surface area contributed by atoms with Crippen molar-refractivity contribution in [2.75, 3.05) is 27.8 Å². The van der Waals surface area contributed by atoms with Crippen molar-refractivity contribution in [3.8, 4) is 0 Å². The molecule has 0 saturated carbocycles. The second-order valence-electron chi connectivity index (χ2n) is 12.4. The summed E-state index contributed by atoms with van der Waals surface area (Å²) >= 11 is 0. The average molecular weight is 590 g/mol. The van der Waals surface area contributed by atoms with Crippen LogP contribution < -0.4 is 5.32 Å². The van der Waals surface area contributed by atoms with Crippen molar-refractivity contribution < 1.29 is 29.0 Å². The van der Waals surface area contributed by atoms with Gasteiger partial charge in [0.25, 0.3) is 0 Å². The molecule has 9 heteroatoms. The van der Waals surface area contributed by atoms with Gasteiger partial charge in [-0.3, -0.25) is 14.4 Å². The first kappa shape index (κ1) is 35.7. The number of ether oxygens (including phenoxy) is 2. The Morgan fingerprint density at radius 1 is 1.05 bits per heavy atom. The van der Waals surface area contributed by atoms with Crippen molar-refractivity contribution in [1.29, 1.82) is 0 Å². The number of aliphatic hydroxyl groups excluding tert-OH is 1. The largest absolute Gasteiger partial charge is 0.386 e. The second-order valence-corrected chi connectivity index (χ2v) is 12.4. The molecule has 3 amide bonds. The molecule has 42 heavy (non-hydrogen) atoms. The van der Waals surface area contributed by atoms with E-state index in [9.17, 15) is 19.5 Å². The van der Waals surface area contributed by atoms with Gasteiger partial charge in [0.1, 0.15) is 0 Å². The predicted octanol–water partition coefficient (Wildman–Crippen LogP) is 4.19. The van der Waals surface area contributed by atoms with Crippen LogP contribution in [0.1, 0.15) is 85.3 Å². The molecule has 1 aliphatic heterocycles. The molecule has 9 nitrogen and oxygen atoms in total. The van der Waals surface area contributed by atoms with Gasteiger partial charge in [-0.25, -0.2) is 0 Å². The summed E-state index contributed by atoms with van der Waals surface area (Å²) in [6, 6.07) is 8.22. The summed E-state index contributed by atoms with van der Waals surface area (Å²) in [4.78, 5) is 43.7. The lowest BCUT2D eigenvalue weighted by Gasteiger charge is -2.39. The molecular formula is C33H55N3O6. The molecule has 8 atom stereocenters. The highest BCUT2D eigenvalue weighted by molar-refractivity contribution is 5.81. The molecule has 1 aromatic carbocycles. The van der Waals surface area contributed by atoms with Crippen molar-refractivity contribution >= 4 is 17.7 Å². The number of carbonyl (C=O) groups is 3. The number of nitrogens with one attached hydrogen (secondary N) is 1. The van der Waals surface area contributed by atoms with E-state index in [1.165, 1.54) is 0 Å². The van der Waals surface area contributed by atoms with Crippen molar-refractivity contribution in [3.63, 3.8) is 0 Å². The minimum Gasteiger partial charge on any atom is -0.386 e. The Hall–Kier alpha value is -2.49. The highest BCUT2D eigenvalue weighted by Gasteiger charge is 2.42. The van der Waals surface area contributed by atoms with E-state index in [1.807, 2.05) is 56.1 Å². The molecule has 1 aliphatic rings. The van der Waals surface area contributed by atoms with Gasteiger partial charge < -0.3 is 29.7 Å². The van der Waals surface area contributed by atoms with Crippen LogP contribution in [0.4, 0.5) is 0 Å². The van der Waals surface area contributed by atoms with Crippen LogP contribution in [-0.2, 0) is 23.9 Å². The van der Waals surface area contributed by atoms with E-state index in [0.29, 0.717) is 13.0 Å². The molecule has 2 N–H and O–H groups in total. The first-order chi connectivity index (χ1) is 19.9. The number of likely N-dealkylation sites (N-methyl/N-ethyl adjacent to an activating group) is 1. The highest BCUT2D eigenvalue weighted by Crippen LogP contribution is 2.30. The number of hydrogen-bond donors (Lipinski definition) is 2. The van der Waals surface area contributed by atoms with E-state index >= 15 is 0 Å². The monoisotopic (exact) mass is 589 g/mol. The summed E-state index contributed by atoms with van der Waals surface area (Å²) in [6.45, 7) is 12.4. The average Bonchev–Trinajstić information content (AvgIpc) is 3.46. The minimum absolute atomic E-state index is 0.0507. The summed E-state index contributed by atoms with van der Waals surface area (Å²) in [5, 5.41) is 13.7. The third-order valence-electron chi connectivity index (χ3n) is 8.87. The summed E-state index contributed by atoms with van der Waals surface area (Å²) < 4.78 is 11.8. The zero-order valence-corrected chi connectivity index (χ0v) is 27.2. The summed E-state index contributed by atoms with van der Waals surface area (Å²) in [7, 11) is 4.99. The van der Waals surface area contributed by atoms with Crippen molar-refractivity contribution in [2.45, 2.75) is 110 Å². The van der Waals surface area contributed by atoms with Gasteiger partial charge in [0.05, 0.1) is 48.8 Å². The number of methoxy groups -OCH3 is 2. The van der Waals surface area contributed by atoms with Gasteiger partial charge in [-0.2, -0.15) is 0 Å². The number of aliphatic hydroxyl groups is 1. The summed E-state index contributed by atoms with van der Waals surface area (Å²) in [5.74, 6) is -0.424. The van der Waals surface area contributed by atoms with Crippen LogP contribution in [-0.4, -0.2) is 90.8 Å². The SMILES string of the molecule is CC[C@H](C)[C@@H]([C@@H](CC(=O)N1CCC[C@H]1[C@H](OC)C(C)C(=O)NC(C)C(O)c1ccccc1)OC)N(C)C(=O)CC(C)C. The topological polar surface area (TPSA) is 108 Å². The fourth-order valence-electron chi connectivity index (χ4n) is 6.19. The Labute approximate surface area is 253 Å². The number of carbonyl (C=O) groups excluding carboxylic acids is 3. The lowest BCUT2D eigenvalue weighted by molar-refractivity contribution is -0.146. The summed E-state index contributed by atoms with van der Waals surface area (Å²) in [5.41, 5.74) is 0.730. The zero-order valence-electron chi connectivity index (χ0n) is 27.2. The van der Waals surface area contributed by atoms with Crippen LogP contribution >= 0.6 is 0 Å². The predicted molar refractivity (Wildman–Crippen MR) is 165 cm³/mol. The van der Waals surface area contributed by atoms with Crippen molar-refractivity contribution in [3.05, 3.63) is 35.9 Å². The lowest BCUT2D eigenvalue weighted by Crippen LogP contribution is -2.53. The molecule has 0 bridgehead atoms. The Bertz CT molecular complexity index is 989. The molecular weight excluding hydrogens is 534 g/mol. The lowest BCUT2D eigenvalue weighted by atomic mass is 9.90. The number of benzene rings is 1. The van der Waals surface area contributed by atoms with E-state index in [-0.39, 0.29) is 48.1 Å². The first-order valence-electron chi connectivity index (χ1n) is 15.5. The molecule has 0 radical (unpaired) electrons. The van der Waals surface area contributed by atoms with Crippen molar-refractivity contribution in [1.82, 2.24) is 15.1 Å². The smallest absolute Gasteiger partial charge is 0.225 e. The number of amides is 3. The maximum Gasteiger partial charge on any atom is 0.225 e. The van der Waals surface area contributed by atoms with E-state index in [1.54, 1.807) is 33.0 Å². The van der Waals surface area contributed by atoms with Crippen LogP contribution in [0.5, 0.6) is 0 Å². The Morgan fingerprint density at radius 3 is 2.24 bits per heavy atom. The fourth-order valence-corrected chi connectivity index (χ4v) is 6.19. The molecule has 0 spiro atoms. The number of nitrogens with zero attached hydrogens (tertiary/aromatic N) is 2. The Morgan fingerprint density at radius 2 is 1.69 bits per heavy atom. The third-order valence-corrected chi connectivity index (χ3v) is 8.87. The quantitative estimate of drug-likeness (QED) is 0.299. The van der Waals surface area contributed by atoms with Gasteiger partial charge in [-0.1, -0.05) is 71.4 Å². The number of hydrogen-bond acceptors (Lipinski definition) is 6. The molecule has 1 fully saturated rings. The molecule has 0 aromatic heterocycles. The first-order valence-corrected chi connectivity index (χ1v) is 15.5. The summed E-state index contributed by atoms with van der Waals surface area (Å²) in [6.07, 6.45) is 1.15. The fraction of sp³-hybridized carbons (Fsp3) is 0.727. The molecule has 0 aliphatic carbocycles. The molecule has 1 heterocycles. The van der Waals surface area contributed by atoms with Crippen molar-refractivity contribution in [2.24, 2.45) is 17.8 Å². The van der Waals surface area contributed by atoms with Gasteiger partial charge in [0.2, 0.25) is 17.7 Å². The Balaban J connectivity index is 2.15. The van der Waals surface area contributed by atoms with E-state index in [2.05, 4.69) is 19.2 Å². The van der Waals surface area contributed by atoms with E-state index in [4.69, 9.17) is 9.47 Å². The zero-order chi connectivity index (χ0) is 31.6. The van der Waals surface area contributed by atoms with Gasteiger partial charge in [0.15, 0.2) is 0 Å². The van der Waals surface area contributed by atoms with E-state index in [0.717, 1.165) is 24.8 Å². The minimum atomic E-state index is -0.845. The number of rotatable bonds is 16. The maximum absolute atomic E-state index is 13.8. The van der Waals surface area contributed by atoms with Crippen LogP contribution in [0.3, 0.4) is 0 Å². The third kappa shape index (κ3) is 9.25. The van der Waals surface area contributed by atoms with Crippen LogP contribution in [0.15, 0.2) is 30.3 Å². The van der Waals surface area contributed by atoms with Gasteiger partial charge in [-0.15, -0.1) is 0 Å². The van der Waals surface area contributed by atoms with Crippen LogP contribution in [0, 0.1) is 17.8 Å². The molecule has 3 unspecified atom stereocenters. The highest BCUT2D eigenvalue weighted by atomic mass is 16.5. The maximum atomic E-state index is 13.8.